The van der Waals surface area contributed by atoms with Crippen molar-refractivity contribution in [1.82, 2.24) is 15.5 Å². The van der Waals surface area contributed by atoms with Crippen LogP contribution in [0.15, 0.2) is 27.7 Å². The number of methoxy groups -OCH3 is 1. The average molecular weight is 523 g/mol. The zero-order chi connectivity index (χ0) is 16.9. The molecule has 1 aliphatic heterocycles. The molecule has 140 valence electrons. The molecule has 2 N–H and O–H groups in total. The van der Waals surface area contributed by atoms with Crippen molar-refractivity contribution >= 4 is 45.9 Å². The topological polar surface area (TPSA) is 48.9 Å². The third-order valence-corrected chi connectivity index (χ3v) is 5.34. The van der Waals surface area contributed by atoms with Crippen LogP contribution < -0.4 is 15.4 Å². The largest absolute Gasteiger partial charge is 0.496 e. The van der Waals surface area contributed by atoms with Crippen LogP contribution in [0.3, 0.4) is 0 Å². The minimum absolute atomic E-state index is 0. The summed E-state index contributed by atoms with van der Waals surface area (Å²) >= 11 is 3.52. The smallest absolute Gasteiger partial charge is 0.191 e. The number of piperidine rings is 1. The predicted octanol–water partition coefficient (Wildman–Crippen LogP) is 3.37. The Morgan fingerprint density at radius 1 is 1.28 bits per heavy atom. The van der Waals surface area contributed by atoms with Crippen LogP contribution in [-0.2, 0) is 6.54 Å². The van der Waals surface area contributed by atoms with Gasteiger partial charge in [-0.15, -0.1) is 24.0 Å². The molecular weight excluding hydrogens is 495 g/mol. The number of aliphatic imine (C=N–C) groups is 1. The number of halogens is 2. The molecule has 25 heavy (non-hydrogen) atoms. The maximum Gasteiger partial charge on any atom is 0.191 e. The Kier molecular flexibility index (Phi) is 8.28. The fraction of sp³-hybridized carbons (Fsp3) is 0.611. The van der Waals surface area contributed by atoms with E-state index >= 15 is 0 Å². The zero-order valence-electron chi connectivity index (χ0n) is 14.9. The fourth-order valence-electron chi connectivity index (χ4n) is 3.30. The number of benzene rings is 1. The second-order valence-corrected chi connectivity index (χ2v) is 7.48. The highest BCUT2D eigenvalue weighted by atomic mass is 127. The molecule has 0 unspecified atom stereocenters. The summed E-state index contributed by atoms with van der Waals surface area (Å²) < 4.78 is 6.48. The number of nitrogens with zero attached hydrogens (tertiary/aromatic N) is 2. The molecule has 1 aromatic rings. The third-order valence-electron chi connectivity index (χ3n) is 4.85. The standard InChI is InChI=1S/C18H27BrN4O.HI/c1-20-18(21-12-13-11-14(19)3-6-17(13)24-2)22-15-7-9-23(10-8-15)16-4-5-16;/h3,6,11,15-16H,4-5,7-10,12H2,1-2H3,(H2,20,21,22);1H. The Hall–Kier alpha value is -0.540. The first-order valence-electron chi connectivity index (χ1n) is 8.73. The van der Waals surface area contributed by atoms with Gasteiger partial charge >= 0.3 is 0 Å². The average Bonchev–Trinajstić information content (AvgIpc) is 3.44. The van der Waals surface area contributed by atoms with Crippen LogP contribution in [0.5, 0.6) is 5.75 Å². The number of ether oxygens (including phenoxy) is 1. The van der Waals surface area contributed by atoms with Crippen molar-refractivity contribution < 1.29 is 4.74 Å². The van der Waals surface area contributed by atoms with Crippen LogP contribution in [0, 0.1) is 0 Å². The van der Waals surface area contributed by atoms with Crippen LogP contribution in [0.25, 0.3) is 0 Å². The highest BCUT2D eigenvalue weighted by molar-refractivity contribution is 14.0. The first kappa shape index (κ1) is 20.8. The fourth-order valence-corrected chi connectivity index (χ4v) is 3.71. The van der Waals surface area contributed by atoms with Gasteiger partial charge in [0.25, 0.3) is 0 Å². The van der Waals surface area contributed by atoms with Crippen molar-refractivity contribution in [2.45, 2.75) is 44.3 Å². The van der Waals surface area contributed by atoms with Gasteiger partial charge in [-0.1, -0.05) is 15.9 Å². The van der Waals surface area contributed by atoms with E-state index in [0.29, 0.717) is 12.6 Å². The number of hydrogen-bond donors (Lipinski definition) is 2. The molecule has 1 heterocycles. The lowest BCUT2D eigenvalue weighted by atomic mass is 10.1. The molecule has 7 heteroatoms. The minimum Gasteiger partial charge on any atom is -0.496 e. The summed E-state index contributed by atoms with van der Waals surface area (Å²) in [5.41, 5.74) is 1.11. The highest BCUT2D eigenvalue weighted by Gasteiger charge is 2.31. The van der Waals surface area contributed by atoms with Crippen LogP contribution >= 0.6 is 39.9 Å². The maximum atomic E-state index is 5.43. The molecule has 0 bridgehead atoms. The third kappa shape index (κ3) is 5.99. The summed E-state index contributed by atoms with van der Waals surface area (Å²) in [6.45, 7) is 3.10. The molecule has 2 aliphatic rings. The summed E-state index contributed by atoms with van der Waals surface area (Å²) in [6.07, 6.45) is 5.18. The first-order chi connectivity index (χ1) is 11.7. The van der Waals surface area contributed by atoms with Crippen molar-refractivity contribution in [3.63, 3.8) is 0 Å². The molecule has 0 amide bonds. The van der Waals surface area contributed by atoms with Crippen LogP contribution in [0.1, 0.15) is 31.2 Å². The van der Waals surface area contributed by atoms with E-state index in [1.165, 1.54) is 38.8 Å². The van der Waals surface area contributed by atoms with E-state index in [-0.39, 0.29) is 24.0 Å². The zero-order valence-corrected chi connectivity index (χ0v) is 18.8. The Morgan fingerprint density at radius 2 is 2.00 bits per heavy atom. The SMILES string of the molecule is CN=C(NCc1cc(Br)ccc1OC)NC1CCN(C2CC2)CC1.I. The van der Waals surface area contributed by atoms with Gasteiger partial charge in [0, 0.05) is 48.8 Å². The normalized spacial score (nSPS) is 19.2. The van der Waals surface area contributed by atoms with Gasteiger partial charge in [-0.25, -0.2) is 0 Å². The molecule has 5 nitrogen and oxygen atoms in total. The Labute approximate surface area is 176 Å². The number of likely N-dealkylation sites (tertiary alicyclic amines) is 1. The van der Waals surface area contributed by atoms with Gasteiger partial charge in [0.1, 0.15) is 5.75 Å². The van der Waals surface area contributed by atoms with E-state index in [0.717, 1.165) is 27.8 Å². The van der Waals surface area contributed by atoms with Crippen molar-refractivity contribution in [1.29, 1.82) is 0 Å². The van der Waals surface area contributed by atoms with Crippen molar-refractivity contribution in [2.75, 3.05) is 27.2 Å². The Morgan fingerprint density at radius 3 is 2.60 bits per heavy atom. The first-order valence-corrected chi connectivity index (χ1v) is 9.52. The molecular formula is C18H28BrIN4O. The molecule has 1 aliphatic carbocycles. The van der Waals surface area contributed by atoms with Crippen molar-refractivity contribution in [3.8, 4) is 5.75 Å². The molecule has 0 atom stereocenters. The summed E-state index contributed by atoms with van der Waals surface area (Å²) in [5.74, 6) is 1.75. The molecule has 1 aromatic carbocycles. The molecule has 1 saturated carbocycles. The molecule has 0 aromatic heterocycles. The Bertz CT molecular complexity index is 586. The maximum absolute atomic E-state index is 5.43. The van der Waals surface area contributed by atoms with E-state index in [1.54, 1.807) is 7.11 Å². The van der Waals surface area contributed by atoms with E-state index in [9.17, 15) is 0 Å². The van der Waals surface area contributed by atoms with E-state index in [2.05, 4.69) is 42.5 Å². The lowest BCUT2D eigenvalue weighted by Crippen LogP contribution is -2.48. The van der Waals surface area contributed by atoms with Gasteiger partial charge in [0.15, 0.2) is 5.96 Å². The Balaban J connectivity index is 0.00000225. The monoisotopic (exact) mass is 522 g/mol. The van der Waals surface area contributed by atoms with E-state index < -0.39 is 0 Å². The molecule has 1 saturated heterocycles. The lowest BCUT2D eigenvalue weighted by molar-refractivity contribution is 0.197. The van der Waals surface area contributed by atoms with Crippen LogP contribution in [0.2, 0.25) is 0 Å². The van der Waals surface area contributed by atoms with Crippen LogP contribution in [-0.4, -0.2) is 50.2 Å². The highest BCUT2D eigenvalue weighted by Crippen LogP contribution is 2.29. The summed E-state index contributed by atoms with van der Waals surface area (Å²) in [6, 6.07) is 7.43. The molecule has 3 rings (SSSR count). The second-order valence-electron chi connectivity index (χ2n) is 6.57. The quantitative estimate of drug-likeness (QED) is 0.353. The van der Waals surface area contributed by atoms with Gasteiger partial charge in [-0.3, -0.25) is 4.99 Å². The summed E-state index contributed by atoms with van der Waals surface area (Å²) in [7, 11) is 3.53. The van der Waals surface area contributed by atoms with Gasteiger partial charge in [0.05, 0.1) is 7.11 Å². The number of guanidine groups is 1. The number of rotatable bonds is 5. The van der Waals surface area contributed by atoms with Gasteiger partial charge < -0.3 is 20.3 Å². The van der Waals surface area contributed by atoms with Crippen LogP contribution in [0.4, 0.5) is 0 Å². The molecule has 0 radical (unpaired) electrons. The van der Waals surface area contributed by atoms with Gasteiger partial charge in [-0.05, 0) is 43.9 Å². The number of hydrogen-bond acceptors (Lipinski definition) is 3. The molecule has 0 spiro atoms. The van der Waals surface area contributed by atoms with Crippen molar-refractivity contribution in [3.05, 3.63) is 28.2 Å². The van der Waals surface area contributed by atoms with E-state index in [4.69, 9.17) is 4.74 Å². The number of nitrogens with one attached hydrogen (secondary N) is 2. The summed E-state index contributed by atoms with van der Waals surface area (Å²) in [4.78, 5) is 7.01. The second kappa shape index (κ2) is 9.97. The van der Waals surface area contributed by atoms with Crippen molar-refractivity contribution in [2.24, 2.45) is 4.99 Å². The van der Waals surface area contributed by atoms with Gasteiger partial charge in [-0.2, -0.15) is 0 Å². The van der Waals surface area contributed by atoms with E-state index in [1.807, 2.05) is 19.2 Å². The lowest BCUT2D eigenvalue weighted by Gasteiger charge is -2.33. The van der Waals surface area contributed by atoms with Gasteiger partial charge in [0.2, 0.25) is 0 Å². The predicted molar refractivity (Wildman–Crippen MR) is 117 cm³/mol. The summed E-state index contributed by atoms with van der Waals surface area (Å²) in [5, 5.41) is 6.97. The minimum atomic E-state index is 0. The molecule has 2 fully saturated rings.